The molecule has 0 amide bonds. The summed E-state index contributed by atoms with van der Waals surface area (Å²) in [6, 6.07) is 1.23. The smallest absolute Gasteiger partial charge is 0.323 e. The molecule has 3 aliphatic heterocycles. The lowest BCUT2D eigenvalue weighted by molar-refractivity contribution is -0.142. The number of rotatable bonds is 2. The summed E-state index contributed by atoms with van der Waals surface area (Å²) in [6.45, 7) is 2.83. The molecule has 16 heavy (non-hydrogen) atoms. The summed E-state index contributed by atoms with van der Waals surface area (Å²) in [5.74, 6) is 0.00453. The minimum Gasteiger partial charge on any atom is -0.464 e. The van der Waals surface area contributed by atoms with Gasteiger partial charge in [0.05, 0.1) is 6.61 Å². The van der Waals surface area contributed by atoms with Crippen LogP contribution < -0.4 is 5.32 Å². The fraction of sp³-hybridized carbons (Fsp3) is 0.917. The van der Waals surface area contributed by atoms with Gasteiger partial charge in [-0.1, -0.05) is 0 Å². The van der Waals surface area contributed by atoms with Gasteiger partial charge < -0.3 is 10.1 Å². The molecule has 3 atom stereocenters. The Hall–Kier alpha value is -0.610. The number of carbonyl (C=O) groups is 1. The Bertz CT molecular complexity index is 276. The number of likely N-dealkylation sites (tertiary alicyclic amines) is 1. The van der Waals surface area contributed by atoms with E-state index in [1.165, 1.54) is 25.7 Å². The second-order valence-electron chi connectivity index (χ2n) is 5.12. The zero-order valence-electron chi connectivity index (χ0n) is 9.65. The molecule has 0 radical (unpaired) electrons. The Morgan fingerprint density at radius 1 is 1.25 bits per heavy atom. The van der Waals surface area contributed by atoms with E-state index in [9.17, 15) is 4.79 Å². The van der Waals surface area contributed by atoms with Crippen LogP contribution in [-0.2, 0) is 9.53 Å². The highest BCUT2D eigenvalue weighted by Crippen LogP contribution is 2.29. The highest BCUT2D eigenvalue weighted by molar-refractivity contribution is 5.77. The molecule has 0 aromatic heterocycles. The molecule has 0 spiro atoms. The van der Waals surface area contributed by atoms with E-state index in [2.05, 4.69) is 10.2 Å². The fourth-order valence-electron chi connectivity index (χ4n) is 3.46. The number of esters is 1. The first-order chi connectivity index (χ1) is 7.86. The molecular weight excluding hydrogens is 204 g/mol. The quantitative estimate of drug-likeness (QED) is 0.694. The minimum atomic E-state index is 0.00453. The van der Waals surface area contributed by atoms with Gasteiger partial charge in [-0.25, -0.2) is 0 Å². The van der Waals surface area contributed by atoms with Gasteiger partial charge >= 0.3 is 5.97 Å². The van der Waals surface area contributed by atoms with Crippen LogP contribution in [0.2, 0.25) is 0 Å². The van der Waals surface area contributed by atoms with E-state index < -0.39 is 0 Å². The summed E-state index contributed by atoms with van der Waals surface area (Å²) in [5.41, 5.74) is 0. The number of cyclic esters (lactones) is 1. The van der Waals surface area contributed by atoms with E-state index in [-0.39, 0.29) is 12.0 Å². The Labute approximate surface area is 96.3 Å². The number of hydrogen-bond donors (Lipinski definition) is 1. The van der Waals surface area contributed by atoms with Gasteiger partial charge in [0.2, 0.25) is 0 Å². The Morgan fingerprint density at radius 2 is 2.19 bits per heavy atom. The first-order valence-electron chi connectivity index (χ1n) is 6.52. The third kappa shape index (κ3) is 1.74. The van der Waals surface area contributed by atoms with E-state index in [0.29, 0.717) is 18.7 Å². The van der Waals surface area contributed by atoms with Crippen molar-refractivity contribution in [2.24, 2.45) is 0 Å². The van der Waals surface area contributed by atoms with Crippen LogP contribution in [-0.4, -0.2) is 48.7 Å². The largest absolute Gasteiger partial charge is 0.464 e. The van der Waals surface area contributed by atoms with Crippen molar-refractivity contribution in [2.45, 2.75) is 50.2 Å². The van der Waals surface area contributed by atoms with Crippen molar-refractivity contribution < 1.29 is 9.53 Å². The normalized spacial score (nSPS) is 40.5. The molecular formula is C12H20N2O2. The topological polar surface area (TPSA) is 41.6 Å². The first-order valence-corrected chi connectivity index (χ1v) is 6.52. The second kappa shape index (κ2) is 4.34. The molecule has 0 saturated carbocycles. The second-order valence-corrected chi connectivity index (χ2v) is 5.12. The highest BCUT2D eigenvalue weighted by atomic mass is 16.5. The lowest BCUT2D eigenvalue weighted by Crippen LogP contribution is -2.49. The maximum absolute atomic E-state index is 11.6. The van der Waals surface area contributed by atoms with Crippen LogP contribution >= 0.6 is 0 Å². The molecule has 3 heterocycles. The van der Waals surface area contributed by atoms with E-state index in [1.807, 2.05) is 0 Å². The molecule has 0 aliphatic carbocycles. The molecule has 3 unspecified atom stereocenters. The fourth-order valence-corrected chi connectivity index (χ4v) is 3.46. The maximum Gasteiger partial charge on any atom is 0.323 e. The summed E-state index contributed by atoms with van der Waals surface area (Å²) in [5, 5.41) is 3.57. The van der Waals surface area contributed by atoms with Crippen LogP contribution in [0.4, 0.5) is 0 Å². The van der Waals surface area contributed by atoms with Crippen molar-refractivity contribution in [1.82, 2.24) is 10.2 Å². The van der Waals surface area contributed by atoms with Gasteiger partial charge in [0.15, 0.2) is 0 Å². The molecule has 3 fully saturated rings. The monoisotopic (exact) mass is 224 g/mol. The van der Waals surface area contributed by atoms with Crippen molar-refractivity contribution in [3.8, 4) is 0 Å². The summed E-state index contributed by atoms with van der Waals surface area (Å²) < 4.78 is 5.09. The van der Waals surface area contributed by atoms with Crippen molar-refractivity contribution in [2.75, 3.05) is 19.7 Å². The molecule has 0 aromatic carbocycles. The highest BCUT2D eigenvalue weighted by Gasteiger charge is 2.41. The molecule has 3 rings (SSSR count). The Balaban J connectivity index is 1.70. The first kappa shape index (κ1) is 10.5. The lowest BCUT2D eigenvalue weighted by Gasteiger charge is -2.32. The van der Waals surface area contributed by atoms with E-state index in [1.54, 1.807) is 0 Å². The third-order valence-corrected chi connectivity index (χ3v) is 4.21. The van der Waals surface area contributed by atoms with Gasteiger partial charge in [-0.05, 0) is 38.8 Å². The number of hydrogen-bond acceptors (Lipinski definition) is 4. The molecule has 0 aromatic rings. The van der Waals surface area contributed by atoms with Crippen LogP contribution in [0.3, 0.4) is 0 Å². The molecule has 4 nitrogen and oxygen atoms in total. The maximum atomic E-state index is 11.6. The minimum absolute atomic E-state index is 0.00453. The lowest BCUT2D eigenvalue weighted by atomic mass is 10.0. The molecule has 3 aliphatic rings. The van der Waals surface area contributed by atoms with Gasteiger partial charge in [-0.3, -0.25) is 9.69 Å². The molecule has 90 valence electrons. The number of carbonyl (C=O) groups excluding carboxylic acids is 1. The number of nitrogens with one attached hydrogen (secondary N) is 1. The van der Waals surface area contributed by atoms with Crippen LogP contribution in [0.5, 0.6) is 0 Å². The molecule has 3 saturated heterocycles. The van der Waals surface area contributed by atoms with Crippen LogP contribution in [0, 0.1) is 0 Å². The average molecular weight is 224 g/mol. The number of nitrogens with zero attached hydrogens (tertiary/aromatic N) is 1. The standard InChI is InChI=1S/C12H20N2O2/c15-12-11(5-8-16-12)14-7-2-4-10(14)9-3-1-6-13-9/h9-11,13H,1-8H2. The van der Waals surface area contributed by atoms with E-state index in [4.69, 9.17) is 4.74 Å². The summed E-state index contributed by atoms with van der Waals surface area (Å²) in [4.78, 5) is 14.0. The van der Waals surface area contributed by atoms with Crippen molar-refractivity contribution in [3.63, 3.8) is 0 Å². The summed E-state index contributed by atoms with van der Waals surface area (Å²) >= 11 is 0. The van der Waals surface area contributed by atoms with E-state index >= 15 is 0 Å². The third-order valence-electron chi connectivity index (χ3n) is 4.21. The van der Waals surface area contributed by atoms with Gasteiger partial charge in [-0.15, -0.1) is 0 Å². The summed E-state index contributed by atoms with van der Waals surface area (Å²) in [6.07, 6.45) is 5.91. The Kier molecular flexibility index (Phi) is 2.86. The molecule has 4 heteroatoms. The van der Waals surface area contributed by atoms with Gasteiger partial charge in [0.1, 0.15) is 6.04 Å². The molecule has 1 N–H and O–H groups in total. The van der Waals surface area contributed by atoms with Gasteiger partial charge in [0.25, 0.3) is 0 Å². The van der Waals surface area contributed by atoms with Gasteiger partial charge in [0, 0.05) is 18.5 Å². The molecule has 0 bridgehead atoms. The predicted octanol–water partition coefficient (Wildman–Crippen LogP) is 0.518. The van der Waals surface area contributed by atoms with Crippen LogP contribution in [0.25, 0.3) is 0 Å². The Morgan fingerprint density at radius 3 is 2.88 bits per heavy atom. The van der Waals surface area contributed by atoms with Crippen molar-refractivity contribution in [1.29, 1.82) is 0 Å². The average Bonchev–Trinajstić information content (AvgIpc) is 2.95. The summed E-state index contributed by atoms with van der Waals surface area (Å²) in [7, 11) is 0. The zero-order chi connectivity index (χ0) is 11.0. The SMILES string of the molecule is O=C1OCCC1N1CCCC1C1CCCN1. The predicted molar refractivity (Wildman–Crippen MR) is 60.1 cm³/mol. The van der Waals surface area contributed by atoms with Gasteiger partial charge in [-0.2, -0.15) is 0 Å². The van der Waals surface area contributed by atoms with Crippen molar-refractivity contribution >= 4 is 5.97 Å². The van der Waals surface area contributed by atoms with E-state index in [0.717, 1.165) is 19.5 Å². The number of ether oxygens (including phenoxy) is 1. The zero-order valence-corrected chi connectivity index (χ0v) is 9.65. The van der Waals surface area contributed by atoms with Crippen LogP contribution in [0.1, 0.15) is 32.1 Å². The van der Waals surface area contributed by atoms with Crippen LogP contribution in [0.15, 0.2) is 0 Å². The van der Waals surface area contributed by atoms with Crippen molar-refractivity contribution in [3.05, 3.63) is 0 Å².